The van der Waals surface area contributed by atoms with Crippen molar-refractivity contribution in [2.45, 2.75) is 37.4 Å². The Morgan fingerprint density at radius 1 is 1.32 bits per heavy atom. The van der Waals surface area contributed by atoms with Gasteiger partial charge in [-0.15, -0.1) is 11.3 Å². The van der Waals surface area contributed by atoms with Gasteiger partial charge in [-0.1, -0.05) is 23.7 Å². The highest BCUT2D eigenvalue weighted by Crippen LogP contribution is 2.39. The predicted octanol–water partition coefficient (Wildman–Crippen LogP) is 3.41. The molecular weight excluding hydrogens is 523 g/mol. The summed E-state index contributed by atoms with van der Waals surface area (Å²) >= 11 is 7.74. The van der Waals surface area contributed by atoms with Gasteiger partial charge in [0.2, 0.25) is 0 Å². The van der Waals surface area contributed by atoms with Crippen molar-refractivity contribution in [1.82, 2.24) is 15.2 Å². The van der Waals surface area contributed by atoms with Crippen LogP contribution in [-0.2, 0) is 19.1 Å². The molecule has 3 aliphatic heterocycles. The molecule has 2 fully saturated rings. The van der Waals surface area contributed by atoms with Crippen molar-refractivity contribution in [3.63, 3.8) is 0 Å². The molecular formula is C25H26ClFN4O5S. The molecule has 0 saturated carbocycles. The number of carboxylic acids is 1. The number of rotatable bonds is 7. The molecule has 2 bridgehead atoms. The smallest absolute Gasteiger partial charge is 0.338 e. The topological polar surface area (TPSA) is 113 Å². The third-order valence-corrected chi connectivity index (χ3v) is 8.19. The van der Waals surface area contributed by atoms with E-state index in [0.717, 1.165) is 0 Å². The van der Waals surface area contributed by atoms with Crippen molar-refractivity contribution in [2.75, 3.05) is 26.9 Å². The molecule has 4 heterocycles. The Bertz CT molecular complexity index is 1240. The largest absolute Gasteiger partial charge is 0.481 e. The number of esters is 1. The van der Waals surface area contributed by atoms with Gasteiger partial charge in [0.25, 0.3) is 0 Å². The first-order valence-corrected chi connectivity index (χ1v) is 13.2. The van der Waals surface area contributed by atoms with Gasteiger partial charge in [0.15, 0.2) is 10.8 Å². The molecule has 2 saturated heterocycles. The number of hydrogen-bond acceptors (Lipinski definition) is 9. The first-order valence-electron chi connectivity index (χ1n) is 11.9. The van der Waals surface area contributed by atoms with Gasteiger partial charge in [-0.25, -0.2) is 14.2 Å². The number of aliphatic carboxylic acids is 1. The van der Waals surface area contributed by atoms with E-state index < -0.39 is 23.8 Å². The van der Waals surface area contributed by atoms with E-state index in [2.05, 4.69) is 15.2 Å². The Kier molecular flexibility index (Phi) is 7.57. The van der Waals surface area contributed by atoms with E-state index in [1.54, 1.807) is 12.3 Å². The normalized spacial score (nSPS) is 25.9. The van der Waals surface area contributed by atoms with E-state index in [4.69, 9.17) is 26.1 Å². The molecule has 12 heteroatoms. The SMILES string of the molecule is COC(=O)C1=C(CN2[C@H]3COC[C@H]2CC(CC(=O)O)C3)NC(c2nccs2)=N[C@H]1c1cccc(F)c1Cl. The highest BCUT2D eigenvalue weighted by atomic mass is 35.5. The van der Waals surface area contributed by atoms with E-state index in [1.165, 1.54) is 30.6 Å². The number of methoxy groups -OCH3 is 1. The number of carbonyl (C=O) groups is 2. The Balaban J connectivity index is 1.55. The minimum Gasteiger partial charge on any atom is -0.481 e. The van der Waals surface area contributed by atoms with Crippen LogP contribution in [0.4, 0.5) is 4.39 Å². The fourth-order valence-corrected chi connectivity index (χ4v) is 6.25. The fraction of sp³-hybridized carbons (Fsp3) is 0.440. The van der Waals surface area contributed by atoms with Crippen LogP contribution in [0.25, 0.3) is 0 Å². The van der Waals surface area contributed by atoms with Gasteiger partial charge in [0.05, 0.1) is 30.9 Å². The summed E-state index contributed by atoms with van der Waals surface area (Å²) in [5.41, 5.74) is 1.15. The van der Waals surface area contributed by atoms with Crippen LogP contribution in [0.15, 0.2) is 46.0 Å². The second-order valence-corrected chi connectivity index (χ2v) is 10.6. The van der Waals surface area contributed by atoms with Crippen molar-refractivity contribution in [3.05, 3.63) is 62.5 Å². The number of aliphatic imine (C=N–C) groups is 1. The summed E-state index contributed by atoms with van der Waals surface area (Å²) in [5, 5.41) is 14.9. The van der Waals surface area contributed by atoms with E-state index in [9.17, 15) is 19.1 Å². The average molecular weight is 549 g/mol. The lowest BCUT2D eigenvalue weighted by atomic mass is 9.82. The molecule has 0 spiro atoms. The Morgan fingerprint density at radius 3 is 2.73 bits per heavy atom. The number of benzene rings is 1. The lowest BCUT2D eigenvalue weighted by Gasteiger charge is -2.49. The van der Waals surface area contributed by atoms with Gasteiger partial charge in [0.1, 0.15) is 11.9 Å². The van der Waals surface area contributed by atoms with Gasteiger partial charge >= 0.3 is 11.9 Å². The Morgan fingerprint density at radius 2 is 2.08 bits per heavy atom. The number of halogens is 2. The maximum atomic E-state index is 14.5. The number of amidine groups is 1. The van der Waals surface area contributed by atoms with Gasteiger partial charge in [0, 0.05) is 47.9 Å². The summed E-state index contributed by atoms with van der Waals surface area (Å²) in [6.07, 6.45) is 3.13. The molecule has 196 valence electrons. The zero-order chi connectivity index (χ0) is 26.1. The van der Waals surface area contributed by atoms with Crippen molar-refractivity contribution >= 4 is 40.7 Å². The van der Waals surface area contributed by atoms with Gasteiger partial charge in [-0.2, -0.15) is 0 Å². The molecule has 0 radical (unpaired) electrons. The summed E-state index contributed by atoms with van der Waals surface area (Å²) in [4.78, 5) is 35.9. The van der Waals surface area contributed by atoms with Crippen LogP contribution < -0.4 is 5.32 Å². The van der Waals surface area contributed by atoms with Crippen molar-refractivity contribution in [2.24, 2.45) is 10.9 Å². The highest BCUT2D eigenvalue weighted by molar-refractivity contribution is 7.11. The molecule has 1 aromatic carbocycles. The van der Waals surface area contributed by atoms with Crippen LogP contribution in [0.2, 0.25) is 5.02 Å². The Hall–Kier alpha value is -2.86. The molecule has 3 aliphatic rings. The number of carboxylic acid groups (broad SMARTS) is 1. The predicted molar refractivity (Wildman–Crippen MR) is 135 cm³/mol. The molecule has 1 aromatic heterocycles. The molecule has 2 N–H and O–H groups in total. The monoisotopic (exact) mass is 548 g/mol. The third kappa shape index (κ3) is 5.26. The average Bonchev–Trinajstić information content (AvgIpc) is 3.40. The van der Waals surface area contributed by atoms with E-state index >= 15 is 0 Å². The van der Waals surface area contributed by atoms with Gasteiger partial charge < -0.3 is 19.9 Å². The van der Waals surface area contributed by atoms with Crippen LogP contribution in [0.5, 0.6) is 0 Å². The molecule has 2 aromatic rings. The zero-order valence-electron chi connectivity index (χ0n) is 20.0. The quantitative estimate of drug-likeness (QED) is 0.506. The summed E-state index contributed by atoms with van der Waals surface area (Å²) in [6, 6.07) is 3.49. The second kappa shape index (κ2) is 10.9. The number of nitrogens with one attached hydrogen (secondary N) is 1. The van der Waals surface area contributed by atoms with Crippen LogP contribution in [0.3, 0.4) is 0 Å². The summed E-state index contributed by atoms with van der Waals surface area (Å²) in [6.45, 7) is 1.29. The van der Waals surface area contributed by atoms with Crippen LogP contribution in [-0.4, -0.2) is 71.7 Å². The maximum absolute atomic E-state index is 14.5. The summed E-state index contributed by atoms with van der Waals surface area (Å²) in [5.74, 6) is -1.50. The van der Waals surface area contributed by atoms with Gasteiger partial charge in [-0.05, 0) is 24.8 Å². The zero-order valence-corrected chi connectivity index (χ0v) is 21.6. The molecule has 5 rings (SSSR count). The molecule has 0 aliphatic carbocycles. The van der Waals surface area contributed by atoms with Crippen molar-refractivity contribution < 1.29 is 28.6 Å². The van der Waals surface area contributed by atoms with Crippen molar-refractivity contribution in [1.29, 1.82) is 0 Å². The number of aromatic nitrogens is 1. The molecule has 0 unspecified atom stereocenters. The number of thiazole rings is 1. The van der Waals surface area contributed by atoms with E-state index in [0.29, 0.717) is 54.7 Å². The number of carbonyl (C=O) groups excluding carboxylic acids is 1. The van der Waals surface area contributed by atoms with E-state index in [-0.39, 0.29) is 35.0 Å². The minimum absolute atomic E-state index is 0.0107. The summed E-state index contributed by atoms with van der Waals surface area (Å²) < 4.78 is 25.4. The number of hydrogen-bond donors (Lipinski definition) is 2. The highest BCUT2D eigenvalue weighted by Gasteiger charge is 2.42. The minimum atomic E-state index is -0.911. The standard InChI is InChI=1S/C25H26ClFN4O5S/c1-35-25(34)20-18(10-31-14-7-13(9-19(32)33)8-15(31)12-36-11-14)29-23(24-28-5-6-37-24)30-22(20)16-3-2-4-17(27)21(16)26/h2-6,13-15,22H,7-12H2,1H3,(H,29,30)(H,32,33)/t14-,15-,22+/m1/s1. The Labute approximate surface area is 221 Å². The van der Waals surface area contributed by atoms with Crippen LogP contribution in [0, 0.1) is 11.7 Å². The van der Waals surface area contributed by atoms with Crippen LogP contribution >= 0.6 is 22.9 Å². The first-order chi connectivity index (χ1) is 17.9. The molecule has 9 nitrogen and oxygen atoms in total. The molecule has 37 heavy (non-hydrogen) atoms. The first kappa shape index (κ1) is 25.8. The second-order valence-electron chi connectivity index (χ2n) is 9.32. The van der Waals surface area contributed by atoms with Crippen LogP contribution in [0.1, 0.15) is 35.9 Å². The van der Waals surface area contributed by atoms with E-state index in [1.807, 2.05) is 5.38 Å². The maximum Gasteiger partial charge on any atom is 0.338 e. The lowest BCUT2D eigenvalue weighted by molar-refractivity contribution is -0.141. The summed E-state index contributed by atoms with van der Waals surface area (Å²) in [7, 11) is 1.29. The number of ether oxygens (including phenoxy) is 2. The third-order valence-electron chi connectivity index (χ3n) is 7.02. The van der Waals surface area contributed by atoms with Crippen molar-refractivity contribution in [3.8, 4) is 0 Å². The molecule has 3 atom stereocenters. The lowest BCUT2D eigenvalue weighted by Crippen LogP contribution is -2.58. The fourth-order valence-electron chi connectivity index (χ4n) is 5.43. The number of morpholine rings is 1. The number of nitrogens with zero attached hydrogens (tertiary/aromatic N) is 3. The number of fused-ring (bicyclic) bond motifs is 2. The molecule has 0 amide bonds. The number of piperidine rings is 1. The van der Waals surface area contributed by atoms with Gasteiger partial charge in [-0.3, -0.25) is 14.7 Å².